The van der Waals surface area contributed by atoms with Crippen molar-refractivity contribution in [3.8, 4) is 5.69 Å². The van der Waals surface area contributed by atoms with Gasteiger partial charge in [0.2, 0.25) is 0 Å². The van der Waals surface area contributed by atoms with E-state index in [1.807, 2.05) is 48.9 Å². The van der Waals surface area contributed by atoms with E-state index in [-0.39, 0.29) is 5.41 Å². The Morgan fingerprint density at radius 2 is 1.85 bits per heavy atom. The molecule has 0 atom stereocenters. The summed E-state index contributed by atoms with van der Waals surface area (Å²) in [6.07, 6.45) is 5.66. The van der Waals surface area contributed by atoms with Gasteiger partial charge in [-0.15, -0.1) is 0 Å². The summed E-state index contributed by atoms with van der Waals surface area (Å²) in [5, 5.41) is 6.27. The van der Waals surface area contributed by atoms with E-state index < -0.39 is 0 Å². The van der Waals surface area contributed by atoms with Gasteiger partial charge in [-0.05, 0) is 35.9 Å². The average molecular weight is 373 g/mol. The van der Waals surface area contributed by atoms with Crippen molar-refractivity contribution >= 4 is 33.9 Å². The highest BCUT2D eigenvalue weighted by molar-refractivity contribution is 6.32. The Balaban J connectivity index is 1.66. The Morgan fingerprint density at radius 3 is 2.70 bits per heavy atom. The molecule has 0 aliphatic carbocycles. The molecule has 4 nitrogen and oxygen atoms in total. The summed E-state index contributed by atoms with van der Waals surface area (Å²) in [7, 11) is 0. The SMILES string of the molecule is CC1(C)C(c2cnn(-c3ccccc3Cl)c2)=Nc2c1ccc1ncccc21. The predicted octanol–water partition coefficient (Wildman–Crippen LogP) is 5.49. The maximum Gasteiger partial charge on any atom is 0.0831 e. The topological polar surface area (TPSA) is 43.1 Å². The lowest BCUT2D eigenvalue weighted by Crippen LogP contribution is -2.26. The number of benzene rings is 2. The minimum absolute atomic E-state index is 0.215. The fourth-order valence-electron chi connectivity index (χ4n) is 3.78. The van der Waals surface area contributed by atoms with E-state index in [0.717, 1.165) is 33.6 Å². The molecule has 2 aromatic carbocycles. The van der Waals surface area contributed by atoms with E-state index in [1.54, 1.807) is 4.68 Å². The summed E-state index contributed by atoms with van der Waals surface area (Å²) in [6, 6.07) is 15.9. The van der Waals surface area contributed by atoms with Crippen LogP contribution in [0.5, 0.6) is 0 Å². The molecule has 0 amide bonds. The zero-order valence-electron chi connectivity index (χ0n) is 15.0. The quantitative estimate of drug-likeness (QED) is 0.467. The van der Waals surface area contributed by atoms with E-state index >= 15 is 0 Å². The van der Waals surface area contributed by atoms with E-state index in [4.69, 9.17) is 16.6 Å². The molecular formula is C22H17ClN4. The van der Waals surface area contributed by atoms with Gasteiger partial charge in [0.15, 0.2) is 0 Å². The number of aromatic nitrogens is 3. The Kier molecular flexibility index (Phi) is 3.46. The minimum atomic E-state index is -0.215. The molecule has 0 saturated carbocycles. The van der Waals surface area contributed by atoms with Gasteiger partial charge in [-0.1, -0.05) is 43.6 Å². The molecule has 0 spiro atoms. The van der Waals surface area contributed by atoms with Crippen LogP contribution in [0.3, 0.4) is 0 Å². The maximum atomic E-state index is 6.32. The third-order valence-electron chi connectivity index (χ3n) is 5.20. The number of hydrogen-bond acceptors (Lipinski definition) is 3. The van der Waals surface area contributed by atoms with Gasteiger partial charge in [0, 0.05) is 28.8 Å². The fraction of sp³-hybridized carbons (Fsp3) is 0.136. The molecule has 0 saturated heterocycles. The van der Waals surface area contributed by atoms with Crippen molar-refractivity contribution in [3.63, 3.8) is 0 Å². The maximum absolute atomic E-state index is 6.32. The Hall–Kier alpha value is -2.98. The monoisotopic (exact) mass is 372 g/mol. The molecule has 1 aliphatic heterocycles. The van der Waals surface area contributed by atoms with Crippen molar-refractivity contribution in [1.29, 1.82) is 0 Å². The van der Waals surface area contributed by atoms with Crippen molar-refractivity contribution in [2.75, 3.05) is 0 Å². The Bertz CT molecular complexity index is 1220. The number of halogens is 1. The molecule has 0 radical (unpaired) electrons. The first-order valence-electron chi connectivity index (χ1n) is 8.83. The second-order valence-electron chi connectivity index (χ2n) is 7.24. The van der Waals surface area contributed by atoms with Crippen LogP contribution in [-0.4, -0.2) is 20.5 Å². The zero-order chi connectivity index (χ0) is 18.6. The van der Waals surface area contributed by atoms with Crippen molar-refractivity contribution in [1.82, 2.24) is 14.8 Å². The lowest BCUT2D eigenvalue weighted by molar-refractivity contribution is 0.738. The second kappa shape index (κ2) is 5.76. The molecule has 0 fully saturated rings. The molecule has 0 N–H and O–H groups in total. The molecule has 2 aromatic heterocycles. The van der Waals surface area contributed by atoms with E-state index in [1.165, 1.54) is 5.56 Å². The first kappa shape index (κ1) is 16.2. The van der Waals surface area contributed by atoms with Gasteiger partial charge in [-0.3, -0.25) is 9.98 Å². The van der Waals surface area contributed by atoms with Crippen LogP contribution >= 0.6 is 11.6 Å². The second-order valence-corrected chi connectivity index (χ2v) is 7.65. The first-order valence-corrected chi connectivity index (χ1v) is 9.21. The number of para-hydroxylation sites is 1. The largest absolute Gasteiger partial charge is 0.256 e. The van der Waals surface area contributed by atoms with Gasteiger partial charge >= 0.3 is 0 Å². The molecule has 27 heavy (non-hydrogen) atoms. The third-order valence-corrected chi connectivity index (χ3v) is 5.52. The molecule has 1 aliphatic rings. The third kappa shape index (κ3) is 2.41. The van der Waals surface area contributed by atoms with Gasteiger partial charge in [-0.2, -0.15) is 5.10 Å². The summed E-state index contributed by atoms with van der Waals surface area (Å²) in [5.41, 5.74) is 5.82. The van der Waals surface area contributed by atoms with Crippen molar-refractivity contribution in [2.24, 2.45) is 4.99 Å². The number of pyridine rings is 1. The number of nitrogens with zero attached hydrogens (tertiary/aromatic N) is 4. The average Bonchev–Trinajstić information content (AvgIpc) is 3.24. The summed E-state index contributed by atoms with van der Waals surface area (Å²) < 4.78 is 1.80. The van der Waals surface area contributed by atoms with Gasteiger partial charge in [0.1, 0.15) is 0 Å². The molecule has 132 valence electrons. The Labute approximate surface area is 162 Å². The van der Waals surface area contributed by atoms with Crippen molar-refractivity contribution in [2.45, 2.75) is 19.3 Å². The molecule has 0 bridgehead atoms. The number of hydrogen-bond donors (Lipinski definition) is 0. The van der Waals surface area contributed by atoms with Crippen LogP contribution in [0, 0.1) is 0 Å². The van der Waals surface area contributed by atoms with Gasteiger partial charge in [0.05, 0.1) is 33.8 Å². The van der Waals surface area contributed by atoms with Gasteiger partial charge in [-0.25, -0.2) is 4.68 Å². The zero-order valence-corrected chi connectivity index (χ0v) is 15.8. The summed E-state index contributed by atoms with van der Waals surface area (Å²) in [4.78, 5) is 9.48. The molecule has 5 heteroatoms. The van der Waals surface area contributed by atoms with Crippen LogP contribution in [0.2, 0.25) is 5.02 Å². The molecule has 4 aromatic rings. The number of rotatable bonds is 2. The van der Waals surface area contributed by atoms with E-state index in [2.05, 4.69) is 42.1 Å². The fourth-order valence-corrected chi connectivity index (χ4v) is 4.00. The number of aliphatic imine (C=N–C) groups is 1. The smallest absolute Gasteiger partial charge is 0.0831 e. The lowest BCUT2D eigenvalue weighted by atomic mass is 9.79. The van der Waals surface area contributed by atoms with E-state index in [9.17, 15) is 0 Å². The predicted molar refractivity (Wildman–Crippen MR) is 110 cm³/mol. The van der Waals surface area contributed by atoms with Crippen LogP contribution in [-0.2, 0) is 5.41 Å². The van der Waals surface area contributed by atoms with Crippen LogP contribution in [0.15, 0.2) is 72.1 Å². The number of fused-ring (bicyclic) bond motifs is 3. The molecular weight excluding hydrogens is 356 g/mol. The van der Waals surface area contributed by atoms with Crippen LogP contribution < -0.4 is 0 Å². The Morgan fingerprint density at radius 1 is 1.00 bits per heavy atom. The lowest BCUT2D eigenvalue weighted by Gasteiger charge is -2.21. The van der Waals surface area contributed by atoms with Gasteiger partial charge in [0.25, 0.3) is 0 Å². The van der Waals surface area contributed by atoms with Crippen molar-refractivity contribution < 1.29 is 0 Å². The summed E-state index contributed by atoms with van der Waals surface area (Å²) in [5.74, 6) is 0. The molecule has 0 unspecified atom stereocenters. The van der Waals surface area contributed by atoms with Crippen LogP contribution in [0.25, 0.3) is 16.6 Å². The van der Waals surface area contributed by atoms with E-state index in [0.29, 0.717) is 5.02 Å². The standard InChI is InChI=1S/C22H17ClN4/c1-22(2)16-9-10-18-15(6-5-11-24-18)20(16)26-21(22)14-12-25-27(13-14)19-8-4-3-7-17(19)23/h3-13H,1-2H3. The highest BCUT2D eigenvalue weighted by Crippen LogP contribution is 2.45. The van der Waals surface area contributed by atoms with Crippen LogP contribution in [0.4, 0.5) is 5.69 Å². The van der Waals surface area contributed by atoms with Crippen LogP contribution in [0.1, 0.15) is 25.0 Å². The molecule has 5 rings (SSSR count). The van der Waals surface area contributed by atoms with Crippen molar-refractivity contribution in [3.05, 3.63) is 83.3 Å². The minimum Gasteiger partial charge on any atom is -0.256 e. The summed E-state index contributed by atoms with van der Waals surface area (Å²) in [6.45, 7) is 4.40. The highest BCUT2D eigenvalue weighted by atomic mass is 35.5. The molecule has 3 heterocycles. The normalized spacial score (nSPS) is 15.0. The highest BCUT2D eigenvalue weighted by Gasteiger charge is 2.37. The van der Waals surface area contributed by atoms with Gasteiger partial charge < -0.3 is 0 Å². The summed E-state index contributed by atoms with van der Waals surface area (Å²) >= 11 is 6.32. The first-order chi connectivity index (χ1) is 13.1.